The van der Waals surface area contributed by atoms with Gasteiger partial charge in [-0.2, -0.15) is 0 Å². The highest BCUT2D eigenvalue weighted by atomic mass is 19.1. The summed E-state index contributed by atoms with van der Waals surface area (Å²) < 4.78 is 41.2. The summed E-state index contributed by atoms with van der Waals surface area (Å²) in [6.45, 7) is 11.8. The van der Waals surface area contributed by atoms with E-state index in [2.05, 4.69) is 47.2 Å². The first kappa shape index (κ1) is 28.3. The second kappa shape index (κ2) is 12.2. The molecule has 2 aliphatic heterocycles. The molecular weight excluding hydrogens is 536 g/mol. The summed E-state index contributed by atoms with van der Waals surface area (Å²) in [4.78, 5) is 14.1. The van der Waals surface area contributed by atoms with Crippen LogP contribution in [0, 0.1) is 24.5 Å². The molecule has 2 aliphatic rings. The highest BCUT2D eigenvalue weighted by Gasteiger charge is 2.23. The zero-order valence-electron chi connectivity index (χ0n) is 24.4. The van der Waals surface area contributed by atoms with E-state index < -0.39 is 11.6 Å². The number of morpholine rings is 2. The van der Waals surface area contributed by atoms with Gasteiger partial charge < -0.3 is 24.6 Å². The van der Waals surface area contributed by atoms with E-state index in [1.165, 1.54) is 11.6 Å². The quantitative estimate of drug-likeness (QED) is 0.271. The van der Waals surface area contributed by atoms with Crippen molar-refractivity contribution >= 4 is 33.8 Å². The molecule has 0 bridgehead atoms. The fourth-order valence-corrected chi connectivity index (χ4v) is 5.81. The third-order valence-electron chi connectivity index (χ3n) is 7.92. The third kappa shape index (κ3) is 5.89. The molecule has 0 aliphatic carbocycles. The molecule has 4 aromatic rings. The molecule has 7 nitrogen and oxygen atoms in total. The van der Waals surface area contributed by atoms with Crippen LogP contribution >= 0.6 is 0 Å². The Hall–Kier alpha value is -3.82. The number of nitrogens with zero attached hydrogens (tertiary/aromatic N) is 4. The standard InChI is InChI=1S/C33H37F2N5O2/c1-21(2)16-23-4-6-24(7-5-23)31-22(3)32(30-27(35)17-25(34)18-28(30)37-31)38-29-19-26(39-8-12-41-13-9-39)20-36-33(29)40-10-14-42-15-11-40/h4-7,17-21H,8-16H2,1-3H3,(H,37,38). The van der Waals surface area contributed by atoms with Crippen molar-refractivity contribution in [3.8, 4) is 11.3 Å². The number of hydrogen-bond acceptors (Lipinski definition) is 7. The molecule has 42 heavy (non-hydrogen) atoms. The Morgan fingerprint density at radius 1 is 0.905 bits per heavy atom. The molecule has 1 N–H and O–H groups in total. The van der Waals surface area contributed by atoms with E-state index in [1.54, 1.807) is 0 Å². The maximum atomic E-state index is 15.5. The van der Waals surface area contributed by atoms with Crippen molar-refractivity contribution in [3.05, 3.63) is 71.4 Å². The van der Waals surface area contributed by atoms with Crippen LogP contribution in [0.1, 0.15) is 25.0 Å². The summed E-state index contributed by atoms with van der Waals surface area (Å²) in [5.74, 6) is -0.0138. The lowest BCUT2D eigenvalue weighted by atomic mass is 9.98. The summed E-state index contributed by atoms with van der Waals surface area (Å²) in [6.07, 6.45) is 2.86. The van der Waals surface area contributed by atoms with Gasteiger partial charge in [-0.1, -0.05) is 38.1 Å². The Kier molecular flexibility index (Phi) is 8.22. The fraction of sp³-hybridized carbons (Fsp3) is 0.394. The van der Waals surface area contributed by atoms with Crippen molar-refractivity contribution in [1.82, 2.24) is 9.97 Å². The van der Waals surface area contributed by atoms with Crippen LogP contribution in [-0.2, 0) is 15.9 Å². The van der Waals surface area contributed by atoms with Gasteiger partial charge in [0.05, 0.1) is 66.3 Å². The smallest absolute Gasteiger partial charge is 0.152 e. The monoisotopic (exact) mass is 573 g/mol. The lowest BCUT2D eigenvalue weighted by molar-refractivity contribution is 0.122. The van der Waals surface area contributed by atoms with Crippen molar-refractivity contribution in [1.29, 1.82) is 0 Å². The number of fused-ring (bicyclic) bond motifs is 1. The van der Waals surface area contributed by atoms with Crippen molar-refractivity contribution in [2.45, 2.75) is 27.2 Å². The summed E-state index contributed by atoms with van der Waals surface area (Å²) >= 11 is 0. The van der Waals surface area contributed by atoms with Crippen LogP contribution in [0.4, 0.5) is 31.7 Å². The van der Waals surface area contributed by atoms with Gasteiger partial charge in [-0.3, -0.25) is 0 Å². The van der Waals surface area contributed by atoms with Gasteiger partial charge in [-0.05, 0) is 36.5 Å². The van der Waals surface area contributed by atoms with Crippen LogP contribution in [-0.4, -0.2) is 62.6 Å². The zero-order valence-corrected chi connectivity index (χ0v) is 24.4. The Morgan fingerprint density at radius 3 is 2.24 bits per heavy atom. The van der Waals surface area contributed by atoms with Crippen molar-refractivity contribution < 1.29 is 18.3 Å². The summed E-state index contributed by atoms with van der Waals surface area (Å²) in [5, 5.41) is 3.81. The lowest BCUT2D eigenvalue weighted by Crippen LogP contribution is -2.38. The predicted molar refractivity (Wildman–Crippen MR) is 164 cm³/mol. The number of anilines is 4. The maximum absolute atomic E-state index is 15.5. The van der Waals surface area contributed by atoms with Gasteiger partial charge in [0.1, 0.15) is 11.6 Å². The molecule has 2 aromatic carbocycles. The third-order valence-corrected chi connectivity index (χ3v) is 7.92. The number of benzene rings is 2. The summed E-state index contributed by atoms with van der Waals surface area (Å²) in [5.41, 5.74) is 6.10. The average molecular weight is 574 g/mol. The molecule has 0 unspecified atom stereocenters. The molecule has 0 spiro atoms. The van der Waals surface area contributed by atoms with E-state index in [9.17, 15) is 4.39 Å². The van der Waals surface area contributed by atoms with Gasteiger partial charge in [-0.15, -0.1) is 0 Å². The van der Waals surface area contributed by atoms with Crippen LogP contribution in [0.2, 0.25) is 0 Å². The van der Waals surface area contributed by atoms with Gasteiger partial charge in [0.15, 0.2) is 5.82 Å². The maximum Gasteiger partial charge on any atom is 0.152 e. The van der Waals surface area contributed by atoms with Crippen LogP contribution in [0.3, 0.4) is 0 Å². The lowest BCUT2D eigenvalue weighted by Gasteiger charge is -2.32. The molecule has 0 amide bonds. The summed E-state index contributed by atoms with van der Waals surface area (Å²) in [6, 6.07) is 12.6. The minimum atomic E-state index is -0.662. The number of pyridine rings is 2. The second-order valence-electron chi connectivity index (χ2n) is 11.4. The number of nitrogens with one attached hydrogen (secondary N) is 1. The Balaban J connectivity index is 1.49. The van der Waals surface area contributed by atoms with Gasteiger partial charge in [0, 0.05) is 43.9 Å². The van der Waals surface area contributed by atoms with Crippen LogP contribution in [0.5, 0.6) is 0 Å². The van der Waals surface area contributed by atoms with Crippen LogP contribution in [0.15, 0.2) is 48.7 Å². The second-order valence-corrected chi connectivity index (χ2v) is 11.4. The van der Waals surface area contributed by atoms with Gasteiger partial charge in [0.25, 0.3) is 0 Å². The molecule has 2 saturated heterocycles. The first-order chi connectivity index (χ1) is 20.4. The minimum Gasteiger partial charge on any atom is -0.378 e. The molecule has 220 valence electrons. The molecule has 9 heteroatoms. The Morgan fingerprint density at radius 2 is 1.57 bits per heavy atom. The first-order valence-electron chi connectivity index (χ1n) is 14.7. The molecule has 0 atom stereocenters. The van der Waals surface area contributed by atoms with Gasteiger partial charge in [-0.25, -0.2) is 18.7 Å². The number of aromatic nitrogens is 2. The number of ether oxygens (including phenoxy) is 2. The van der Waals surface area contributed by atoms with Crippen molar-refractivity contribution in [2.75, 3.05) is 67.7 Å². The highest BCUT2D eigenvalue weighted by Crippen LogP contribution is 2.40. The molecule has 0 saturated carbocycles. The Bertz CT molecular complexity index is 1570. The zero-order chi connectivity index (χ0) is 29.2. The topological polar surface area (TPSA) is 62.8 Å². The van der Waals surface area contributed by atoms with Crippen LogP contribution < -0.4 is 15.1 Å². The van der Waals surface area contributed by atoms with Gasteiger partial charge >= 0.3 is 0 Å². The average Bonchev–Trinajstić information content (AvgIpc) is 2.99. The van der Waals surface area contributed by atoms with E-state index in [0.717, 1.165) is 53.9 Å². The molecule has 0 radical (unpaired) electrons. The first-order valence-corrected chi connectivity index (χ1v) is 14.7. The molecule has 2 fully saturated rings. The largest absolute Gasteiger partial charge is 0.378 e. The molecular formula is C33H37F2N5O2. The summed E-state index contributed by atoms with van der Waals surface area (Å²) in [7, 11) is 0. The van der Waals surface area contributed by atoms with E-state index in [-0.39, 0.29) is 10.9 Å². The molecule has 4 heterocycles. The van der Waals surface area contributed by atoms with Crippen molar-refractivity contribution in [3.63, 3.8) is 0 Å². The van der Waals surface area contributed by atoms with E-state index in [1.807, 2.05) is 25.3 Å². The number of hydrogen-bond donors (Lipinski definition) is 1. The van der Waals surface area contributed by atoms with E-state index >= 15 is 4.39 Å². The molecule has 6 rings (SSSR count). The number of halogens is 2. The SMILES string of the molecule is Cc1c(-c2ccc(CC(C)C)cc2)nc2cc(F)cc(F)c2c1Nc1cc(N2CCOCC2)cnc1N1CCOCC1. The number of rotatable bonds is 7. The minimum absolute atomic E-state index is 0.249. The molecule has 2 aromatic heterocycles. The van der Waals surface area contributed by atoms with Gasteiger partial charge in [0.2, 0.25) is 0 Å². The Labute approximate surface area is 245 Å². The highest BCUT2D eigenvalue weighted by molar-refractivity contribution is 5.99. The van der Waals surface area contributed by atoms with E-state index in [0.29, 0.717) is 56.8 Å². The normalized spacial score (nSPS) is 16.0. The van der Waals surface area contributed by atoms with Crippen molar-refractivity contribution in [2.24, 2.45) is 5.92 Å². The predicted octanol–water partition coefficient (Wildman–Crippen LogP) is 6.50. The van der Waals surface area contributed by atoms with Crippen LogP contribution in [0.25, 0.3) is 22.2 Å². The fourth-order valence-electron chi connectivity index (χ4n) is 5.81. The van der Waals surface area contributed by atoms with E-state index in [4.69, 9.17) is 19.4 Å².